The topological polar surface area (TPSA) is 53.8 Å². The number of hydrogen-bond acceptors (Lipinski definition) is 3. The Morgan fingerprint density at radius 3 is 2.62 bits per heavy atom. The molecule has 0 spiro atoms. The number of amides is 1. The normalized spacial score (nSPS) is 48.6. The number of rotatable bonds is 5. The summed E-state index contributed by atoms with van der Waals surface area (Å²) < 4.78 is 0. The number of likely N-dealkylation sites (tertiary alicyclic amines) is 1. The fourth-order valence-electron chi connectivity index (χ4n) is 7.79. The van der Waals surface area contributed by atoms with Crippen molar-refractivity contribution in [1.82, 2.24) is 10.1 Å². The van der Waals surface area contributed by atoms with Crippen LogP contribution in [0, 0.1) is 35.2 Å². The fraction of sp³-hybridized carbons (Fsp3) is 0.850. The SMILES string of the molecule is [C-]#[N+][C@@H]1C[C@@H]2CC2N1C(=O)[C@@H](N[B]C=O)C12CC3CC(CC(C)(C3)C1)C2. The van der Waals surface area contributed by atoms with Crippen molar-refractivity contribution in [1.29, 1.82) is 0 Å². The van der Waals surface area contributed by atoms with Crippen molar-refractivity contribution in [3.63, 3.8) is 0 Å². The van der Waals surface area contributed by atoms with E-state index < -0.39 is 0 Å². The molecule has 6 heteroatoms. The summed E-state index contributed by atoms with van der Waals surface area (Å²) in [5.74, 6) is 2.05. The zero-order valence-electron chi connectivity index (χ0n) is 15.5. The lowest BCUT2D eigenvalue weighted by Gasteiger charge is -2.63. The van der Waals surface area contributed by atoms with Gasteiger partial charge in [0.1, 0.15) is 0 Å². The van der Waals surface area contributed by atoms with Crippen LogP contribution in [0.25, 0.3) is 4.85 Å². The Morgan fingerprint density at radius 2 is 2.00 bits per heavy atom. The van der Waals surface area contributed by atoms with E-state index in [-0.39, 0.29) is 29.6 Å². The molecule has 26 heavy (non-hydrogen) atoms. The molecule has 6 atom stereocenters. The van der Waals surface area contributed by atoms with Gasteiger partial charge in [-0.15, -0.1) is 0 Å². The lowest BCUT2D eigenvalue weighted by Crippen LogP contribution is -2.64. The van der Waals surface area contributed by atoms with Gasteiger partial charge >= 0.3 is 6.17 Å². The Kier molecular flexibility index (Phi) is 3.60. The highest BCUT2D eigenvalue weighted by Gasteiger charge is 2.63. The van der Waals surface area contributed by atoms with Crippen molar-refractivity contribution in [2.45, 2.75) is 76.5 Å². The third kappa shape index (κ3) is 2.39. The molecule has 5 saturated carbocycles. The predicted molar refractivity (Wildman–Crippen MR) is 98.4 cm³/mol. The Morgan fingerprint density at radius 1 is 1.27 bits per heavy atom. The van der Waals surface area contributed by atoms with Gasteiger partial charge in [0, 0.05) is 12.5 Å². The number of nitrogens with one attached hydrogen (secondary N) is 1. The third-order valence-electron chi connectivity index (χ3n) is 8.07. The van der Waals surface area contributed by atoms with Crippen molar-refractivity contribution in [3.8, 4) is 0 Å². The summed E-state index contributed by atoms with van der Waals surface area (Å²) in [7, 11) is 1.41. The molecule has 1 N–H and O–H groups in total. The summed E-state index contributed by atoms with van der Waals surface area (Å²) >= 11 is 0. The smallest absolute Gasteiger partial charge is 0.301 e. The second kappa shape index (κ2) is 5.58. The van der Waals surface area contributed by atoms with E-state index in [1.54, 1.807) is 0 Å². The Hall–Kier alpha value is -1.35. The van der Waals surface area contributed by atoms with E-state index in [0.717, 1.165) is 50.1 Å². The summed E-state index contributed by atoms with van der Waals surface area (Å²) in [6.45, 7) is 9.91. The minimum absolute atomic E-state index is 0.0466. The van der Waals surface area contributed by atoms with E-state index in [0.29, 0.717) is 11.3 Å². The maximum absolute atomic E-state index is 13.7. The molecule has 1 saturated heterocycles. The second-order valence-electron chi connectivity index (χ2n) is 10.2. The number of fused-ring (bicyclic) bond motifs is 1. The van der Waals surface area contributed by atoms with Crippen LogP contribution in [0.5, 0.6) is 0 Å². The maximum atomic E-state index is 13.7. The van der Waals surface area contributed by atoms with Gasteiger partial charge in [-0.3, -0.25) is 14.5 Å². The van der Waals surface area contributed by atoms with E-state index in [1.165, 1.54) is 26.7 Å². The first kappa shape index (κ1) is 16.8. The highest BCUT2D eigenvalue weighted by atomic mass is 16.2. The van der Waals surface area contributed by atoms with Crippen molar-refractivity contribution in [2.75, 3.05) is 0 Å². The summed E-state index contributed by atoms with van der Waals surface area (Å²) in [5, 5.41) is 3.22. The van der Waals surface area contributed by atoms with Gasteiger partial charge in [-0.25, -0.2) is 6.57 Å². The fourth-order valence-corrected chi connectivity index (χ4v) is 7.79. The molecule has 1 aliphatic heterocycles. The van der Waals surface area contributed by atoms with Crippen molar-refractivity contribution < 1.29 is 9.59 Å². The van der Waals surface area contributed by atoms with Crippen LogP contribution < -0.4 is 5.23 Å². The highest BCUT2D eigenvalue weighted by Crippen LogP contribution is 2.66. The maximum Gasteiger partial charge on any atom is 0.301 e. The van der Waals surface area contributed by atoms with Crippen LogP contribution in [0.4, 0.5) is 0 Å². The molecule has 5 aliphatic carbocycles. The molecule has 0 aromatic rings. The molecular weight excluding hydrogens is 325 g/mol. The molecule has 3 unspecified atom stereocenters. The minimum atomic E-state index is -0.346. The largest absolute Gasteiger partial charge is 0.343 e. The van der Waals surface area contributed by atoms with Crippen LogP contribution in [-0.2, 0) is 9.59 Å². The summed E-state index contributed by atoms with van der Waals surface area (Å²) in [6, 6.07) is -0.0758. The molecule has 0 aromatic carbocycles. The van der Waals surface area contributed by atoms with Crippen molar-refractivity contribution in [3.05, 3.63) is 11.4 Å². The molecule has 1 radical (unpaired) electrons. The number of piperidine rings is 1. The Bertz CT molecular complexity index is 675. The molecular formula is C20H27BN3O2. The van der Waals surface area contributed by atoms with Crippen LogP contribution in [0.15, 0.2) is 0 Å². The first-order valence-electron chi connectivity index (χ1n) is 10.2. The predicted octanol–water partition coefficient (Wildman–Crippen LogP) is 2.23. The summed E-state index contributed by atoms with van der Waals surface area (Å²) in [4.78, 5) is 30.3. The van der Waals surface area contributed by atoms with Crippen LogP contribution in [0.1, 0.15) is 58.3 Å². The van der Waals surface area contributed by atoms with E-state index in [1.807, 2.05) is 4.90 Å². The molecule has 1 amide bonds. The van der Waals surface area contributed by atoms with Crippen molar-refractivity contribution >= 4 is 19.5 Å². The van der Waals surface area contributed by atoms with Gasteiger partial charge in [-0.2, -0.15) is 0 Å². The molecule has 4 bridgehead atoms. The molecule has 5 nitrogen and oxygen atoms in total. The molecule has 1 heterocycles. The van der Waals surface area contributed by atoms with E-state index in [2.05, 4.69) is 17.0 Å². The van der Waals surface area contributed by atoms with E-state index in [9.17, 15) is 9.59 Å². The van der Waals surface area contributed by atoms with Gasteiger partial charge in [-0.05, 0) is 73.5 Å². The second-order valence-corrected chi connectivity index (χ2v) is 10.2. The summed E-state index contributed by atoms with van der Waals surface area (Å²) in [5.41, 5.74) is 0.298. The third-order valence-corrected chi connectivity index (χ3v) is 8.07. The minimum Gasteiger partial charge on any atom is -0.343 e. The zero-order valence-corrected chi connectivity index (χ0v) is 15.5. The lowest BCUT2D eigenvalue weighted by atomic mass is 9.43. The number of carbonyl (C=O) groups is 2. The van der Waals surface area contributed by atoms with Gasteiger partial charge in [0.15, 0.2) is 0 Å². The standard InChI is InChI=1S/C20H27BN3O2/c1-19-6-12-3-13(7-19)9-20(8-12,10-19)17(23-21-11-25)18(26)24-15-4-14(15)5-16(24)22-2/h11-17,23H,3-10H2,1H3/t12?,13?,14-,15?,16-,17+,19?,20?/m0/s1. The summed E-state index contributed by atoms with van der Waals surface area (Å²) in [6.07, 6.45) is 9.51. The van der Waals surface area contributed by atoms with Crippen LogP contribution in [-0.4, -0.2) is 42.7 Å². The molecule has 6 aliphatic rings. The zero-order chi connectivity index (χ0) is 18.1. The van der Waals surface area contributed by atoms with Gasteiger partial charge < -0.3 is 10.0 Å². The first-order chi connectivity index (χ1) is 12.5. The molecule has 6 rings (SSSR count). The van der Waals surface area contributed by atoms with Gasteiger partial charge in [-0.1, -0.05) is 6.92 Å². The van der Waals surface area contributed by atoms with Crippen LogP contribution in [0.2, 0.25) is 0 Å². The van der Waals surface area contributed by atoms with Gasteiger partial charge in [0.05, 0.1) is 12.2 Å². The monoisotopic (exact) mass is 352 g/mol. The van der Waals surface area contributed by atoms with Crippen LogP contribution >= 0.6 is 0 Å². The quantitative estimate of drug-likeness (QED) is 0.469. The Balaban J connectivity index is 1.47. The number of carbonyl (C=O) groups excluding carboxylic acids is 2. The van der Waals surface area contributed by atoms with Gasteiger partial charge in [0.25, 0.3) is 7.41 Å². The number of nitrogens with zero attached hydrogens (tertiary/aromatic N) is 2. The molecule has 6 fully saturated rings. The molecule has 0 aromatic heterocycles. The Labute approximate surface area is 156 Å². The van der Waals surface area contributed by atoms with E-state index >= 15 is 0 Å². The lowest BCUT2D eigenvalue weighted by molar-refractivity contribution is -0.152. The molecule has 137 valence electrons. The number of hydrogen-bond donors (Lipinski definition) is 1. The van der Waals surface area contributed by atoms with Gasteiger partial charge in [0.2, 0.25) is 5.91 Å². The van der Waals surface area contributed by atoms with E-state index in [4.69, 9.17) is 6.57 Å². The first-order valence-corrected chi connectivity index (χ1v) is 10.2. The van der Waals surface area contributed by atoms with Crippen LogP contribution in [0.3, 0.4) is 0 Å². The average Bonchev–Trinajstić information content (AvgIpc) is 3.22. The average molecular weight is 352 g/mol. The van der Waals surface area contributed by atoms with Crippen molar-refractivity contribution in [2.24, 2.45) is 28.6 Å². The highest BCUT2D eigenvalue weighted by molar-refractivity contribution is 6.64.